The molecule has 0 aliphatic heterocycles. The molecular weight excluding hydrogens is 230 g/mol. The molecule has 2 N–H and O–H groups in total. The van der Waals surface area contributed by atoms with Crippen LogP contribution in [0.1, 0.15) is 6.42 Å². The minimum atomic E-state index is -3.39. The molecule has 1 rings (SSSR count). The van der Waals surface area contributed by atoms with Crippen LogP contribution in [0.2, 0.25) is 0 Å². The van der Waals surface area contributed by atoms with E-state index in [0.717, 1.165) is 0 Å². The third kappa shape index (κ3) is 4.08. The lowest BCUT2D eigenvalue weighted by Gasteiger charge is -2.08. The van der Waals surface area contributed by atoms with E-state index in [0.29, 0.717) is 11.4 Å². The van der Waals surface area contributed by atoms with Crippen LogP contribution in [0.25, 0.3) is 0 Å². The summed E-state index contributed by atoms with van der Waals surface area (Å²) in [5.41, 5.74) is 0.456. The largest absolute Gasteiger partial charge is 0.497 e. The first-order valence-electron chi connectivity index (χ1n) is 4.83. The van der Waals surface area contributed by atoms with Crippen LogP contribution < -0.4 is 9.46 Å². The van der Waals surface area contributed by atoms with E-state index in [1.807, 2.05) is 0 Å². The molecule has 0 aliphatic rings. The Morgan fingerprint density at radius 2 is 2.19 bits per heavy atom. The SMILES string of the molecule is COc1cccc(NS(=O)(=O)CCCO)c1. The standard InChI is InChI=1S/C10H15NO4S/c1-15-10-5-2-4-9(8-10)11-16(13,14)7-3-6-12/h2,4-5,8,11-12H,3,6-7H2,1H3. The minimum Gasteiger partial charge on any atom is -0.497 e. The van der Waals surface area contributed by atoms with Crippen LogP contribution in [-0.4, -0.2) is 33.0 Å². The number of aliphatic hydroxyl groups is 1. The van der Waals surface area contributed by atoms with Gasteiger partial charge in [-0.05, 0) is 18.6 Å². The highest BCUT2D eigenvalue weighted by atomic mass is 32.2. The van der Waals surface area contributed by atoms with Gasteiger partial charge in [-0.2, -0.15) is 0 Å². The molecule has 0 bridgehead atoms. The van der Waals surface area contributed by atoms with Crippen LogP contribution in [0.4, 0.5) is 5.69 Å². The molecule has 6 heteroatoms. The fourth-order valence-corrected chi connectivity index (χ4v) is 2.27. The number of rotatable bonds is 6. The van der Waals surface area contributed by atoms with Crippen LogP contribution in [-0.2, 0) is 10.0 Å². The first-order valence-corrected chi connectivity index (χ1v) is 6.48. The summed E-state index contributed by atoms with van der Waals surface area (Å²) < 4.78 is 30.4. The molecule has 0 aliphatic carbocycles. The molecular formula is C10H15NO4S. The van der Waals surface area contributed by atoms with Gasteiger partial charge in [0.1, 0.15) is 5.75 Å². The van der Waals surface area contributed by atoms with E-state index in [1.54, 1.807) is 24.3 Å². The van der Waals surface area contributed by atoms with Gasteiger partial charge in [0.05, 0.1) is 18.6 Å². The van der Waals surface area contributed by atoms with E-state index in [9.17, 15) is 8.42 Å². The molecule has 0 unspecified atom stereocenters. The Kier molecular flexibility index (Phi) is 4.57. The fraction of sp³-hybridized carbons (Fsp3) is 0.400. The monoisotopic (exact) mass is 245 g/mol. The maximum Gasteiger partial charge on any atom is 0.232 e. The smallest absolute Gasteiger partial charge is 0.232 e. The first-order chi connectivity index (χ1) is 7.57. The average molecular weight is 245 g/mol. The van der Waals surface area contributed by atoms with Gasteiger partial charge in [0.25, 0.3) is 0 Å². The van der Waals surface area contributed by atoms with Crippen LogP contribution in [0.5, 0.6) is 5.75 Å². The summed E-state index contributed by atoms with van der Waals surface area (Å²) in [6, 6.07) is 6.66. The van der Waals surface area contributed by atoms with Gasteiger partial charge in [0.15, 0.2) is 0 Å². The normalized spacial score (nSPS) is 11.1. The number of nitrogens with one attached hydrogen (secondary N) is 1. The van der Waals surface area contributed by atoms with Crippen molar-refractivity contribution >= 4 is 15.7 Å². The molecule has 0 aromatic heterocycles. The number of anilines is 1. The van der Waals surface area contributed by atoms with Gasteiger partial charge in [0.2, 0.25) is 10.0 Å². The number of methoxy groups -OCH3 is 1. The summed E-state index contributed by atoms with van der Waals surface area (Å²) >= 11 is 0. The van der Waals surface area contributed by atoms with Gasteiger partial charge in [-0.25, -0.2) is 8.42 Å². The van der Waals surface area contributed by atoms with Crippen molar-refractivity contribution in [2.75, 3.05) is 24.2 Å². The van der Waals surface area contributed by atoms with Crippen LogP contribution >= 0.6 is 0 Å². The molecule has 1 aromatic rings. The zero-order chi connectivity index (χ0) is 12.0. The Hall–Kier alpha value is -1.27. The molecule has 0 atom stereocenters. The lowest BCUT2D eigenvalue weighted by Crippen LogP contribution is -2.17. The molecule has 0 heterocycles. The average Bonchev–Trinajstić information content (AvgIpc) is 2.26. The molecule has 0 saturated heterocycles. The second-order valence-electron chi connectivity index (χ2n) is 3.23. The second-order valence-corrected chi connectivity index (χ2v) is 5.07. The van der Waals surface area contributed by atoms with E-state index in [-0.39, 0.29) is 18.8 Å². The Morgan fingerprint density at radius 1 is 1.44 bits per heavy atom. The van der Waals surface area contributed by atoms with Crippen molar-refractivity contribution in [3.63, 3.8) is 0 Å². The topological polar surface area (TPSA) is 75.6 Å². The van der Waals surface area contributed by atoms with Crippen molar-refractivity contribution in [1.82, 2.24) is 0 Å². The molecule has 0 amide bonds. The van der Waals surface area contributed by atoms with Crippen LogP contribution in [0, 0.1) is 0 Å². The maximum atomic E-state index is 11.5. The van der Waals surface area contributed by atoms with Gasteiger partial charge in [-0.15, -0.1) is 0 Å². The predicted molar refractivity (Wildman–Crippen MR) is 62.1 cm³/mol. The highest BCUT2D eigenvalue weighted by Gasteiger charge is 2.09. The molecule has 0 radical (unpaired) electrons. The number of benzene rings is 1. The van der Waals surface area contributed by atoms with Crippen molar-refractivity contribution in [2.24, 2.45) is 0 Å². The van der Waals surface area contributed by atoms with Crippen molar-refractivity contribution in [1.29, 1.82) is 0 Å². The summed E-state index contributed by atoms with van der Waals surface area (Å²) in [5.74, 6) is 0.489. The van der Waals surface area contributed by atoms with Crippen LogP contribution in [0.3, 0.4) is 0 Å². The molecule has 5 nitrogen and oxygen atoms in total. The van der Waals surface area contributed by atoms with Gasteiger partial charge in [-0.3, -0.25) is 4.72 Å². The fourth-order valence-electron chi connectivity index (χ4n) is 1.17. The highest BCUT2D eigenvalue weighted by molar-refractivity contribution is 7.92. The van der Waals surface area contributed by atoms with Gasteiger partial charge < -0.3 is 9.84 Å². The Balaban J connectivity index is 2.72. The molecule has 90 valence electrons. The van der Waals surface area contributed by atoms with E-state index in [1.165, 1.54) is 7.11 Å². The van der Waals surface area contributed by atoms with E-state index < -0.39 is 10.0 Å². The first kappa shape index (κ1) is 12.8. The lowest BCUT2D eigenvalue weighted by molar-refractivity contribution is 0.295. The molecule has 16 heavy (non-hydrogen) atoms. The zero-order valence-corrected chi connectivity index (χ0v) is 9.83. The summed E-state index contributed by atoms with van der Waals surface area (Å²) in [5, 5.41) is 8.57. The van der Waals surface area contributed by atoms with Crippen molar-refractivity contribution < 1.29 is 18.3 Å². The van der Waals surface area contributed by atoms with E-state index >= 15 is 0 Å². The maximum absolute atomic E-state index is 11.5. The van der Waals surface area contributed by atoms with Crippen LogP contribution in [0.15, 0.2) is 24.3 Å². The van der Waals surface area contributed by atoms with Gasteiger partial charge in [0, 0.05) is 12.7 Å². The quantitative estimate of drug-likeness (QED) is 0.778. The number of hydrogen-bond acceptors (Lipinski definition) is 4. The van der Waals surface area contributed by atoms with Gasteiger partial charge >= 0.3 is 0 Å². The van der Waals surface area contributed by atoms with Crippen molar-refractivity contribution in [2.45, 2.75) is 6.42 Å². The number of sulfonamides is 1. The van der Waals surface area contributed by atoms with Gasteiger partial charge in [-0.1, -0.05) is 6.07 Å². The minimum absolute atomic E-state index is 0.0965. The third-order valence-electron chi connectivity index (χ3n) is 1.91. The van der Waals surface area contributed by atoms with Crippen molar-refractivity contribution in [3.05, 3.63) is 24.3 Å². The molecule has 0 saturated carbocycles. The van der Waals surface area contributed by atoms with E-state index in [2.05, 4.69) is 4.72 Å². The number of aliphatic hydroxyl groups excluding tert-OH is 1. The zero-order valence-electron chi connectivity index (χ0n) is 9.01. The summed E-state index contributed by atoms with van der Waals surface area (Å²) in [6.07, 6.45) is 0.222. The second kappa shape index (κ2) is 5.72. The summed E-state index contributed by atoms with van der Waals surface area (Å²) in [7, 11) is -1.87. The molecule has 0 spiro atoms. The lowest BCUT2D eigenvalue weighted by atomic mass is 10.3. The Morgan fingerprint density at radius 3 is 2.81 bits per heavy atom. The van der Waals surface area contributed by atoms with E-state index in [4.69, 9.17) is 9.84 Å². The number of ether oxygens (including phenoxy) is 1. The predicted octanol–water partition coefficient (Wildman–Crippen LogP) is 0.819. The Labute approximate surface area is 95.1 Å². The number of hydrogen-bond donors (Lipinski definition) is 2. The van der Waals surface area contributed by atoms with Crippen molar-refractivity contribution in [3.8, 4) is 5.75 Å². The summed E-state index contributed by atoms with van der Waals surface area (Å²) in [4.78, 5) is 0. The molecule has 1 aromatic carbocycles. The Bertz CT molecular complexity index is 430. The molecule has 0 fully saturated rings. The highest BCUT2D eigenvalue weighted by Crippen LogP contribution is 2.17. The summed E-state index contributed by atoms with van der Waals surface area (Å²) in [6.45, 7) is -0.140. The third-order valence-corrected chi connectivity index (χ3v) is 3.29.